The lowest BCUT2D eigenvalue weighted by Crippen LogP contribution is -2.20. The third-order valence-corrected chi connectivity index (χ3v) is 5.61. The van der Waals surface area contributed by atoms with Crippen molar-refractivity contribution in [2.75, 3.05) is 10.6 Å². The molecule has 28 heavy (non-hydrogen) atoms. The minimum atomic E-state index is -3.73. The highest BCUT2D eigenvalue weighted by Crippen LogP contribution is 2.22. The molecule has 0 fully saturated rings. The number of thiocarbonyl (C=S) groups is 1. The van der Waals surface area contributed by atoms with Crippen LogP contribution in [-0.4, -0.2) is 23.3 Å². The number of nitrogens with zero attached hydrogens (tertiary/aromatic N) is 2. The Morgan fingerprint density at radius 3 is 2.39 bits per heavy atom. The fourth-order valence-corrected chi connectivity index (χ4v) is 3.61. The zero-order valence-electron chi connectivity index (χ0n) is 14.3. The molecule has 0 spiro atoms. The maximum absolute atomic E-state index is 11.3. The van der Waals surface area contributed by atoms with E-state index in [0.717, 1.165) is 10.0 Å². The standard InChI is InChI=1S/C17H15BrClN5O2S2/c18-15-10-24(9-11-1-3-12(19)4-2-11)23-16(15)22-17(27)21-13-5-7-14(8-6-13)28(20,25)26/h1-8,10H,9H2,(H2,20,25,26)(H2,21,22,23,27). The van der Waals surface area contributed by atoms with Crippen LogP contribution in [0.25, 0.3) is 0 Å². The normalized spacial score (nSPS) is 11.2. The Morgan fingerprint density at radius 2 is 1.79 bits per heavy atom. The molecule has 0 aliphatic rings. The van der Waals surface area contributed by atoms with Crippen molar-refractivity contribution in [3.63, 3.8) is 0 Å². The van der Waals surface area contributed by atoms with Crippen LogP contribution in [0.2, 0.25) is 5.02 Å². The molecule has 0 unspecified atom stereocenters. The molecule has 0 radical (unpaired) electrons. The molecule has 146 valence electrons. The first kappa shape index (κ1) is 20.7. The number of benzene rings is 2. The first-order valence-corrected chi connectivity index (χ1v) is 11.0. The van der Waals surface area contributed by atoms with Gasteiger partial charge in [0.25, 0.3) is 0 Å². The maximum atomic E-state index is 11.3. The van der Waals surface area contributed by atoms with Gasteiger partial charge in [-0.3, -0.25) is 4.68 Å². The predicted octanol–water partition coefficient (Wildman–Crippen LogP) is 3.80. The van der Waals surface area contributed by atoms with Crippen molar-refractivity contribution in [2.24, 2.45) is 5.14 Å². The third-order valence-electron chi connectivity index (χ3n) is 3.65. The van der Waals surface area contributed by atoms with Gasteiger partial charge in [0.1, 0.15) is 0 Å². The van der Waals surface area contributed by atoms with Gasteiger partial charge in [0.05, 0.1) is 15.9 Å². The fraction of sp³-hybridized carbons (Fsp3) is 0.0588. The molecular weight excluding hydrogens is 486 g/mol. The molecule has 0 aliphatic heterocycles. The molecule has 1 aromatic heterocycles. The number of primary sulfonamides is 1. The van der Waals surface area contributed by atoms with Gasteiger partial charge in [-0.1, -0.05) is 23.7 Å². The van der Waals surface area contributed by atoms with Gasteiger partial charge in [0.2, 0.25) is 10.0 Å². The average Bonchev–Trinajstić information content (AvgIpc) is 2.95. The highest BCUT2D eigenvalue weighted by atomic mass is 79.9. The molecule has 0 bridgehead atoms. The van der Waals surface area contributed by atoms with Crippen molar-refractivity contribution in [1.29, 1.82) is 0 Å². The topological polar surface area (TPSA) is 102 Å². The molecule has 3 rings (SSSR count). The molecular formula is C17H15BrClN5O2S2. The van der Waals surface area contributed by atoms with Gasteiger partial charge in [-0.15, -0.1) is 0 Å². The quantitative estimate of drug-likeness (QED) is 0.461. The minimum absolute atomic E-state index is 0.0283. The molecule has 0 saturated carbocycles. The largest absolute Gasteiger partial charge is 0.332 e. The summed E-state index contributed by atoms with van der Waals surface area (Å²) in [7, 11) is -3.73. The number of aromatic nitrogens is 2. The number of nitrogens with two attached hydrogens (primary N) is 1. The Hall–Kier alpha value is -1.98. The van der Waals surface area contributed by atoms with Gasteiger partial charge in [-0.05, 0) is 70.1 Å². The monoisotopic (exact) mass is 499 g/mol. The molecule has 0 aliphatic carbocycles. The second kappa shape index (κ2) is 8.58. The molecule has 0 atom stereocenters. The predicted molar refractivity (Wildman–Crippen MR) is 118 cm³/mol. The molecule has 0 saturated heterocycles. The van der Waals surface area contributed by atoms with Crippen LogP contribution in [0.4, 0.5) is 11.5 Å². The van der Waals surface area contributed by atoms with Gasteiger partial charge in [0.15, 0.2) is 10.9 Å². The van der Waals surface area contributed by atoms with Gasteiger partial charge in [0, 0.05) is 16.9 Å². The minimum Gasteiger partial charge on any atom is -0.332 e. The van der Waals surface area contributed by atoms with E-state index in [0.29, 0.717) is 28.2 Å². The van der Waals surface area contributed by atoms with E-state index in [-0.39, 0.29) is 4.90 Å². The van der Waals surface area contributed by atoms with E-state index in [1.165, 1.54) is 12.1 Å². The summed E-state index contributed by atoms with van der Waals surface area (Å²) < 4.78 is 25.1. The van der Waals surface area contributed by atoms with Gasteiger partial charge < -0.3 is 10.6 Å². The number of hydrogen-bond acceptors (Lipinski definition) is 4. The molecule has 1 heterocycles. The van der Waals surface area contributed by atoms with Crippen molar-refractivity contribution >= 4 is 66.4 Å². The van der Waals surface area contributed by atoms with Gasteiger partial charge in [-0.2, -0.15) is 5.10 Å². The van der Waals surface area contributed by atoms with Crippen LogP contribution < -0.4 is 15.8 Å². The van der Waals surface area contributed by atoms with E-state index < -0.39 is 10.0 Å². The zero-order valence-corrected chi connectivity index (χ0v) is 18.2. The summed E-state index contributed by atoms with van der Waals surface area (Å²) in [6.45, 7) is 0.576. The van der Waals surface area contributed by atoms with E-state index in [9.17, 15) is 8.42 Å². The number of halogens is 2. The zero-order chi connectivity index (χ0) is 20.3. The van der Waals surface area contributed by atoms with E-state index >= 15 is 0 Å². The SMILES string of the molecule is NS(=O)(=O)c1ccc(NC(=S)Nc2nn(Cc3ccc(Cl)cc3)cc2Br)cc1. The summed E-state index contributed by atoms with van der Waals surface area (Å²) in [6.07, 6.45) is 1.83. The molecule has 2 aromatic carbocycles. The Morgan fingerprint density at radius 1 is 1.14 bits per heavy atom. The van der Waals surface area contributed by atoms with Crippen LogP contribution in [-0.2, 0) is 16.6 Å². The number of sulfonamides is 1. The smallest absolute Gasteiger partial charge is 0.238 e. The second-order valence-electron chi connectivity index (χ2n) is 5.80. The Kier molecular flexibility index (Phi) is 6.36. The summed E-state index contributed by atoms with van der Waals surface area (Å²) >= 11 is 14.6. The van der Waals surface area contributed by atoms with Crippen LogP contribution in [0, 0.1) is 0 Å². The lowest BCUT2D eigenvalue weighted by molar-refractivity contribution is 0.598. The maximum Gasteiger partial charge on any atom is 0.238 e. The molecule has 4 N–H and O–H groups in total. The van der Waals surface area contributed by atoms with E-state index in [1.807, 2.05) is 30.5 Å². The molecule has 11 heteroatoms. The van der Waals surface area contributed by atoms with E-state index in [1.54, 1.807) is 16.8 Å². The number of nitrogens with one attached hydrogen (secondary N) is 2. The molecule has 7 nitrogen and oxygen atoms in total. The lowest BCUT2D eigenvalue weighted by Gasteiger charge is -2.09. The Bertz CT molecular complexity index is 1100. The Labute approximate surface area is 181 Å². The summed E-state index contributed by atoms with van der Waals surface area (Å²) in [5, 5.41) is 16.5. The van der Waals surface area contributed by atoms with Crippen LogP contribution in [0.15, 0.2) is 64.1 Å². The van der Waals surface area contributed by atoms with E-state index in [2.05, 4.69) is 31.7 Å². The van der Waals surface area contributed by atoms with Gasteiger partial charge >= 0.3 is 0 Å². The van der Waals surface area contributed by atoms with Crippen molar-refractivity contribution in [3.05, 3.63) is 69.8 Å². The average molecular weight is 501 g/mol. The fourth-order valence-electron chi connectivity index (χ4n) is 2.34. The summed E-state index contributed by atoms with van der Waals surface area (Å²) in [5.74, 6) is 0.549. The number of hydrogen-bond donors (Lipinski definition) is 3. The van der Waals surface area contributed by atoms with Crippen molar-refractivity contribution in [2.45, 2.75) is 11.4 Å². The van der Waals surface area contributed by atoms with Crippen LogP contribution in [0.1, 0.15) is 5.56 Å². The van der Waals surface area contributed by atoms with Crippen molar-refractivity contribution in [3.8, 4) is 0 Å². The van der Waals surface area contributed by atoms with Gasteiger partial charge in [-0.25, -0.2) is 13.6 Å². The first-order chi connectivity index (χ1) is 13.2. The lowest BCUT2D eigenvalue weighted by atomic mass is 10.2. The van der Waals surface area contributed by atoms with E-state index in [4.69, 9.17) is 29.0 Å². The number of rotatable bonds is 5. The van der Waals surface area contributed by atoms with Crippen molar-refractivity contribution < 1.29 is 8.42 Å². The molecule has 0 amide bonds. The summed E-state index contributed by atoms with van der Waals surface area (Å²) in [4.78, 5) is 0.0283. The number of anilines is 2. The van der Waals surface area contributed by atoms with Crippen molar-refractivity contribution in [1.82, 2.24) is 9.78 Å². The third kappa shape index (κ3) is 5.52. The highest BCUT2D eigenvalue weighted by molar-refractivity contribution is 9.10. The first-order valence-electron chi connectivity index (χ1n) is 7.89. The van der Waals surface area contributed by atoms with Crippen LogP contribution >= 0.6 is 39.7 Å². The summed E-state index contributed by atoms with van der Waals surface area (Å²) in [6, 6.07) is 13.5. The van der Waals surface area contributed by atoms with Crippen LogP contribution in [0.5, 0.6) is 0 Å². The highest BCUT2D eigenvalue weighted by Gasteiger charge is 2.10. The summed E-state index contributed by atoms with van der Waals surface area (Å²) in [5.41, 5.74) is 1.67. The second-order valence-corrected chi connectivity index (χ2v) is 9.06. The van der Waals surface area contributed by atoms with Crippen LogP contribution in [0.3, 0.4) is 0 Å². The Balaban J connectivity index is 1.64. The molecule has 3 aromatic rings.